The molecule has 1 amide bonds. The topological polar surface area (TPSA) is 88.1 Å². The molecule has 0 aliphatic rings. The van der Waals surface area contributed by atoms with Crippen LogP contribution in [0, 0.1) is 11.3 Å². The molecule has 2 rings (SSSR count). The first-order valence-corrected chi connectivity index (χ1v) is 5.93. The molecule has 100 valence electrons. The maximum atomic E-state index is 11.5. The van der Waals surface area contributed by atoms with E-state index >= 15 is 0 Å². The minimum Gasteiger partial charge on any atom is -0.455 e. The van der Waals surface area contributed by atoms with E-state index in [1.807, 2.05) is 6.07 Å². The Morgan fingerprint density at radius 3 is 2.75 bits per heavy atom. The number of anilines is 1. The van der Waals surface area contributed by atoms with Crippen molar-refractivity contribution in [2.75, 3.05) is 12.8 Å². The molecule has 5 nitrogen and oxygen atoms in total. The first-order chi connectivity index (χ1) is 9.63. The van der Waals surface area contributed by atoms with Crippen LogP contribution in [0.15, 0.2) is 42.5 Å². The second-order valence-corrected chi connectivity index (χ2v) is 4.07. The van der Waals surface area contributed by atoms with Crippen molar-refractivity contribution in [2.24, 2.45) is 0 Å². The molecule has 0 unspecified atom stereocenters. The fourth-order valence-electron chi connectivity index (χ4n) is 1.68. The van der Waals surface area contributed by atoms with Crippen LogP contribution in [0.2, 0.25) is 0 Å². The molecule has 0 aromatic heterocycles. The molecule has 3 N–H and O–H groups in total. The van der Waals surface area contributed by atoms with Crippen molar-refractivity contribution in [3.63, 3.8) is 0 Å². The zero-order chi connectivity index (χ0) is 14.5. The van der Waals surface area contributed by atoms with Crippen molar-refractivity contribution in [1.29, 1.82) is 5.26 Å². The molecule has 0 spiro atoms. The number of rotatable bonds is 3. The van der Waals surface area contributed by atoms with Crippen LogP contribution < -0.4 is 15.8 Å². The van der Waals surface area contributed by atoms with Crippen molar-refractivity contribution in [2.45, 2.75) is 0 Å². The molecular weight excluding hydrogens is 254 g/mol. The average molecular weight is 267 g/mol. The van der Waals surface area contributed by atoms with Crippen LogP contribution >= 0.6 is 0 Å². The monoisotopic (exact) mass is 267 g/mol. The molecule has 0 aliphatic heterocycles. The standard InChI is InChI=1S/C15H13N3O2/c1-18-15(19)11-5-6-14(13(17)8-11)20-12-4-2-3-10(7-12)9-16/h2-8H,17H2,1H3,(H,18,19). The van der Waals surface area contributed by atoms with Gasteiger partial charge in [-0.2, -0.15) is 5.26 Å². The molecule has 0 radical (unpaired) electrons. The molecule has 2 aromatic carbocycles. The van der Waals surface area contributed by atoms with Crippen LogP contribution in [0.4, 0.5) is 5.69 Å². The van der Waals surface area contributed by atoms with Gasteiger partial charge in [0.25, 0.3) is 5.91 Å². The Kier molecular flexibility index (Phi) is 3.87. The highest BCUT2D eigenvalue weighted by molar-refractivity contribution is 5.95. The summed E-state index contributed by atoms with van der Waals surface area (Å²) in [6, 6.07) is 13.6. The van der Waals surface area contributed by atoms with E-state index in [1.54, 1.807) is 49.5 Å². The van der Waals surface area contributed by atoms with Gasteiger partial charge in [0.2, 0.25) is 0 Å². The number of hydrogen-bond donors (Lipinski definition) is 2. The molecule has 0 heterocycles. The maximum absolute atomic E-state index is 11.5. The number of nitrogens with zero attached hydrogens (tertiary/aromatic N) is 1. The fourth-order valence-corrected chi connectivity index (χ4v) is 1.68. The van der Waals surface area contributed by atoms with Gasteiger partial charge in [-0.25, -0.2) is 0 Å². The average Bonchev–Trinajstić information content (AvgIpc) is 2.48. The second kappa shape index (κ2) is 5.76. The SMILES string of the molecule is CNC(=O)c1ccc(Oc2cccc(C#N)c2)c(N)c1. The van der Waals surface area contributed by atoms with Gasteiger partial charge in [-0.15, -0.1) is 0 Å². The summed E-state index contributed by atoms with van der Waals surface area (Å²) in [5.74, 6) is 0.742. The number of nitrogen functional groups attached to an aromatic ring is 1. The Balaban J connectivity index is 2.26. The van der Waals surface area contributed by atoms with Gasteiger partial charge in [0, 0.05) is 12.6 Å². The van der Waals surface area contributed by atoms with Crippen LogP contribution in [0.5, 0.6) is 11.5 Å². The fraction of sp³-hybridized carbons (Fsp3) is 0.0667. The van der Waals surface area contributed by atoms with E-state index in [9.17, 15) is 4.79 Å². The summed E-state index contributed by atoms with van der Waals surface area (Å²) in [4.78, 5) is 11.5. The number of ether oxygens (including phenoxy) is 1. The van der Waals surface area contributed by atoms with Crippen LogP contribution in [0.3, 0.4) is 0 Å². The number of carbonyl (C=O) groups is 1. The van der Waals surface area contributed by atoms with E-state index in [0.29, 0.717) is 28.3 Å². The van der Waals surface area contributed by atoms with Gasteiger partial charge >= 0.3 is 0 Å². The van der Waals surface area contributed by atoms with E-state index in [0.717, 1.165) is 0 Å². The third-order valence-electron chi connectivity index (χ3n) is 2.69. The van der Waals surface area contributed by atoms with Crippen molar-refractivity contribution >= 4 is 11.6 Å². The lowest BCUT2D eigenvalue weighted by Crippen LogP contribution is -2.17. The number of carbonyl (C=O) groups excluding carboxylic acids is 1. The lowest BCUT2D eigenvalue weighted by atomic mass is 10.1. The molecular formula is C15H13N3O2. The zero-order valence-electron chi connectivity index (χ0n) is 10.9. The quantitative estimate of drug-likeness (QED) is 0.835. The Morgan fingerprint density at radius 2 is 2.10 bits per heavy atom. The van der Waals surface area contributed by atoms with Crippen LogP contribution in [-0.4, -0.2) is 13.0 Å². The van der Waals surface area contributed by atoms with E-state index < -0.39 is 0 Å². The Labute approximate surface area is 116 Å². The molecule has 5 heteroatoms. The number of amides is 1. The van der Waals surface area contributed by atoms with Gasteiger partial charge in [0.15, 0.2) is 0 Å². The Morgan fingerprint density at radius 1 is 1.30 bits per heavy atom. The van der Waals surface area contributed by atoms with Crippen LogP contribution in [0.1, 0.15) is 15.9 Å². The molecule has 0 bridgehead atoms. The number of hydrogen-bond acceptors (Lipinski definition) is 4. The lowest BCUT2D eigenvalue weighted by molar-refractivity contribution is 0.0963. The molecule has 20 heavy (non-hydrogen) atoms. The van der Waals surface area contributed by atoms with E-state index in [1.165, 1.54) is 0 Å². The molecule has 0 atom stereocenters. The first-order valence-electron chi connectivity index (χ1n) is 5.93. The highest BCUT2D eigenvalue weighted by Gasteiger charge is 2.08. The van der Waals surface area contributed by atoms with E-state index in [4.69, 9.17) is 15.7 Å². The summed E-state index contributed by atoms with van der Waals surface area (Å²) in [5, 5.41) is 11.4. The largest absolute Gasteiger partial charge is 0.455 e. The third-order valence-corrected chi connectivity index (χ3v) is 2.69. The van der Waals surface area contributed by atoms with Gasteiger partial charge in [-0.1, -0.05) is 6.07 Å². The van der Waals surface area contributed by atoms with Crippen molar-refractivity contribution in [1.82, 2.24) is 5.32 Å². The minimum absolute atomic E-state index is 0.213. The molecule has 0 aliphatic carbocycles. The number of benzene rings is 2. The van der Waals surface area contributed by atoms with E-state index in [-0.39, 0.29) is 5.91 Å². The van der Waals surface area contributed by atoms with Gasteiger partial charge in [0.1, 0.15) is 11.5 Å². The normalized spacial score (nSPS) is 9.60. The summed E-state index contributed by atoms with van der Waals surface area (Å²) in [7, 11) is 1.55. The summed E-state index contributed by atoms with van der Waals surface area (Å²) >= 11 is 0. The predicted octanol–water partition coefficient (Wildman–Crippen LogP) is 2.29. The summed E-state index contributed by atoms with van der Waals surface area (Å²) in [5.41, 5.74) is 7.18. The van der Waals surface area contributed by atoms with Crippen molar-refractivity contribution in [3.05, 3.63) is 53.6 Å². The molecule has 0 saturated carbocycles. The first kappa shape index (κ1) is 13.4. The maximum Gasteiger partial charge on any atom is 0.251 e. The summed E-state index contributed by atoms with van der Waals surface area (Å²) in [6.45, 7) is 0. The highest BCUT2D eigenvalue weighted by Crippen LogP contribution is 2.28. The highest BCUT2D eigenvalue weighted by atomic mass is 16.5. The molecule has 0 fully saturated rings. The van der Waals surface area contributed by atoms with Gasteiger partial charge in [-0.3, -0.25) is 4.79 Å². The number of nitriles is 1. The van der Waals surface area contributed by atoms with Crippen LogP contribution in [0.25, 0.3) is 0 Å². The van der Waals surface area contributed by atoms with Crippen LogP contribution in [-0.2, 0) is 0 Å². The smallest absolute Gasteiger partial charge is 0.251 e. The summed E-state index contributed by atoms with van der Waals surface area (Å²) < 4.78 is 5.61. The Hall–Kier alpha value is -3.00. The number of nitrogens with two attached hydrogens (primary N) is 1. The second-order valence-electron chi connectivity index (χ2n) is 4.07. The zero-order valence-corrected chi connectivity index (χ0v) is 10.9. The molecule has 2 aromatic rings. The molecule has 0 saturated heterocycles. The van der Waals surface area contributed by atoms with Crippen molar-refractivity contribution < 1.29 is 9.53 Å². The third kappa shape index (κ3) is 2.87. The van der Waals surface area contributed by atoms with Gasteiger partial charge in [0.05, 0.1) is 17.3 Å². The summed E-state index contributed by atoms with van der Waals surface area (Å²) in [6.07, 6.45) is 0. The van der Waals surface area contributed by atoms with Crippen molar-refractivity contribution in [3.8, 4) is 17.6 Å². The number of nitrogens with one attached hydrogen (secondary N) is 1. The minimum atomic E-state index is -0.213. The van der Waals surface area contributed by atoms with Gasteiger partial charge in [-0.05, 0) is 36.4 Å². The predicted molar refractivity (Wildman–Crippen MR) is 75.5 cm³/mol. The van der Waals surface area contributed by atoms with E-state index in [2.05, 4.69) is 5.32 Å². The Bertz CT molecular complexity index is 690. The van der Waals surface area contributed by atoms with Gasteiger partial charge < -0.3 is 15.8 Å². The lowest BCUT2D eigenvalue weighted by Gasteiger charge is -2.10.